The molecular formula is C15H20N6O4S2. The molecule has 1 amide bonds. The van der Waals surface area contributed by atoms with E-state index in [-0.39, 0.29) is 28.3 Å². The zero-order valence-corrected chi connectivity index (χ0v) is 16.3. The second-order valence-electron chi connectivity index (χ2n) is 6.09. The molecule has 2 aromatic rings. The third-order valence-corrected chi connectivity index (χ3v) is 6.08. The van der Waals surface area contributed by atoms with Crippen molar-refractivity contribution in [1.82, 2.24) is 20.2 Å². The molecule has 0 radical (unpaired) electrons. The van der Waals surface area contributed by atoms with Crippen molar-refractivity contribution in [2.75, 3.05) is 18.2 Å². The number of tetrazole rings is 1. The molecule has 0 atom stereocenters. The number of hydrogen-bond acceptors (Lipinski definition) is 8. The van der Waals surface area contributed by atoms with Gasteiger partial charge >= 0.3 is 0 Å². The molecule has 1 aliphatic carbocycles. The molecule has 3 N–H and O–H groups in total. The number of aromatic nitrogens is 4. The van der Waals surface area contributed by atoms with Crippen molar-refractivity contribution in [3.8, 4) is 5.75 Å². The van der Waals surface area contributed by atoms with Gasteiger partial charge in [0.05, 0.1) is 29.5 Å². The van der Waals surface area contributed by atoms with Crippen molar-refractivity contribution >= 4 is 33.4 Å². The molecule has 0 bridgehead atoms. The fourth-order valence-corrected chi connectivity index (χ4v) is 4.22. The average molecular weight is 412 g/mol. The summed E-state index contributed by atoms with van der Waals surface area (Å²) in [5, 5.41) is 20.1. The van der Waals surface area contributed by atoms with Crippen LogP contribution in [-0.2, 0) is 14.8 Å². The predicted octanol–water partition coefficient (Wildman–Crippen LogP) is 1.17. The Morgan fingerprint density at radius 2 is 2.15 bits per heavy atom. The minimum Gasteiger partial charge on any atom is -0.495 e. The summed E-state index contributed by atoms with van der Waals surface area (Å²) in [6, 6.07) is 4.29. The number of hydrogen-bond donors (Lipinski definition) is 2. The van der Waals surface area contributed by atoms with E-state index in [9.17, 15) is 13.2 Å². The number of nitrogens with one attached hydrogen (secondary N) is 1. The van der Waals surface area contributed by atoms with Gasteiger partial charge in [-0.15, -0.1) is 5.10 Å². The van der Waals surface area contributed by atoms with Gasteiger partial charge in [0.1, 0.15) is 5.75 Å². The van der Waals surface area contributed by atoms with Crippen LogP contribution < -0.4 is 15.2 Å². The Balaban J connectivity index is 1.67. The lowest BCUT2D eigenvalue weighted by Gasteiger charge is -2.12. The second-order valence-corrected chi connectivity index (χ2v) is 8.59. The van der Waals surface area contributed by atoms with Crippen LogP contribution in [0.25, 0.3) is 0 Å². The molecule has 0 spiro atoms. The van der Waals surface area contributed by atoms with Crippen LogP contribution >= 0.6 is 11.8 Å². The number of amides is 1. The molecular weight excluding hydrogens is 392 g/mol. The standard InChI is InChI=1S/C15H20N6O4S2/c1-25-13-7-6-11(27(16,23)24)8-12(13)17-14(22)9-26-15-18-19-20-21(15)10-4-2-3-5-10/h6-8,10H,2-5,9H2,1H3,(H,17,22)(H2,16,23,24). The van der Waals surface area contributed by atoms with Gasteiger partial charge in [0.2, 0.25) is 21.1 Å². The summed E-state index contributed by atoms with van der Waals surface area (Å²) in [5.41, 5.74) is 0.227. The number of methoxy groups -OCH3 is 1. The largest absolute Gasteiger partial charge is 0.495 e. The molecule has 1 aromatic heterocycles. The summed E-state index contributed by atoms with van der Waals surface area (Å²) in [7, 11) is -2.47. The lowest BCUT2D eigenvalue weighted by atomic mass is 10.3. The Morgan fingerprint density at radius 1 is 1.41 bits per heavy atom. The second kappa shape index (κ2) is 8.23. The van der Waals surface area contributed by atoms with E-state index in [1.54, 1.807) is 4.68 Å². The molecule has 3 rings (SSSR count). The molecule has 1 saturated carbocycles. The summed E-state index contributed by atoms with van der Waals surface area (Å²) in [6.45, 7) is 0. The van der Waals surface area contributed by atoms with E-state index in [0.29, 0.717) is 10.9 Å². The van der Waals surface area contributed by atoms with Crippen LogP contribution in [0.4, 0.5) is 5.69 Å². The molecule has 1 aromatic carbocycles. The van der Waals surface area contributed by atoms with Crippen LogP contribution in [0, 0.1) is 0 Å². The summed E-state index contributed by atoms with van der Waals surface area (Å²) in [4.78, 5) is 12.2. The van der Waals surface area contributed by atoms with E-state index in [1.165, 1.54) is 37.1 Å². The van der Waals surface area contributed by atoms with Gasteiger partial charge in [-0.2, -0.15) is 0 Å². The van der Waals surface area contributed by atoms with Gasteiger partial charge in [-0.25, -0.2) is 18.2 Å². The number of carbonyl (C=O) groups is 1. The van der Waals surface area contributed by atoms with Crippen molar-refractivity contribution in [1.29, 1.82) is 0 Å². The lowest BCUT2D eigenvalue weighted by Crippen LogP contribution is -2.17. The number of ether oxygens (including phenoxy) is 1. The predicted molar refractivity (Wildman–Crippen MR) is 99.0 cm³/mol. The molecule has 1 aliphatic rings. The molecule has 27 heavy (non-hydrogen) atoms. The molecule has 0 unspecified atom stereocenters. The van der Waals surface area contributed by atoms with Crippen molar-refractivity contribution < 1.29 is 17.9 Å². The zero-order valence-electron chi connectivity index (χ0n) is 14.7. The highest BCUT2D eigenvalue weighted by Gasteiger charge is 2.22. The minimum atomic E-state index is -3.89. The maximum atomic E-state index is 12.3. The quantitative estimate of drug-likeness (QED) is 0.645. The number of sulfonamides is 1. The Kier molecular flexibility index (Phi) is 5.97. The molecule has 146 valence electrons. The first kappa shape index (κ1) is 19.6. The van der Waals surface area contributed by atoms with Crippen molar-refractivity contribution in [3.05, 3.63) is 18.2 Å². The third kappa shape index (κ3) is 4.76. The third-order valence-electron chi connectivity index (χ3n) is 4.24. The molecule has 0 aliphatic heterocycles. The summed E-state index contributed by atoms with van der Waals surface area (Å²) in [5.74, 6) is 0.0536. The van der Waals surface area contributed by atoms with Crippen LogP contribution in [-0.4, -0.2) is 47.4 Å². The SMILES string of the molecule is COc1ccc(S(N)(=O)=O)cc1NC(=O)CSc1nnnn1C1CCCC1. The Hall–Kier alpha value is -2.18. The maximum absolute atomic E-state index is 12.3. The average Bonchev–Trinajstić information content (AvgIpc) is 3.30. The smallest absolute Gasteiger partial charge is 0.238 e. The van der Waals surface area contributed by atoms with E-state index >= 15 is 0 Å². The molecule has 1 fully saturated rings. The monoisotopic (exact) mass is 412 g/mol. The number of benzene rings is 1. The Labute approximate surface area is 160 Å². The van der Waals surface area contributed by atoms with Gasteiger partial charge in [0.15, 0.2) is 0 Å². The highest BCUT2D eigenvalue weighted by atomic mass is 32.2. The minimum absolute atomic E-state index is 0.0653. The van der Waals surface area contributed by atoms with E-state index in [4.69, 9.17) is 9.88 Å². The topological polar surface area (TPSA) is 142 Å². The Bertz CT molecular complexity index is 924. The lowest BCUT2D eigenvalue weighted by molar-refractivity contribution is -0.113. The zero-order chi connectivity index (χ0) is 19.4. The van der Waals surface area contributed by atoms with Crippen LogP contribution in [0.5, 0.6) is 5.75 Å². The van der Waals surface area contributed by atoms with Crippen LogP contribution in [0.1, 0.15) is 31.7 Å². The molecule has 12 heteroatoms. The van der Waals surface area contributed by atoms with Crippen molar-refractivity contribution in [2.24, 2.45) is 5.14 Å². The summed E-state index contributed by atoms with van der Waals surface area (Å²) < 4.78 is 29.9. The first-order valence-corrected chi connectivity index (χ1v) is 10.8. The number of carbonyl (C=O) groups excluding carboxylic acids is 1. The normalized spacial score (nSPS) is 15.0. The highest BCUT2D eigenvalue weighted by molar-refractivity contribution is 7.99. The van der Waals surface area contributed by atoms with Gasteiger partial charge in [-0.3, -0.25) is 4.79 Å². The van der Waals surface area contributed by atoms with Crippen molar-refractivity contribution in [2.45, 2.75) is 41.8 Å². The first-order chi connectivity index (χ1) is 12.9. The number of primary sulfonamides is 1. The van der Waals surface area contributed by atoms with Crippen LogP contribution in [0.2, 0.25) is 0 Å². The maximum Gasteiger partial charge on any atom is 0.238 e. The van der Waals surface area contributed by atoms with Gasteiger partial charge in [-0.05, 0) is 41.5 Å². The van der Waals surface area contributed by atoms with E-state index in [2.05, 4.69) is 20.8 Å². The van der Waals surface area contributed by atoms with E-state index in [0.717, 1.165) is 25.7 Å². The number of nitrogens with two attached hydrogens (primary N) is 1. The fraction of sp³-hybridized carbons (Fsp3) is 0.467. The number of anilines is 1. The number of nitrogens with zero attached hydrogens (tertiary/aromatic N) is 4. The highest BCUT2D eigenvalue weighted by Crippen LogP contribution is 2.31. The Morgan fingerprint density at radius 3 is 2.81 bits per heavy atom. The summed E-state index contributed by atoms with van der Waals surface area (Å²) in [6.07, 6.45) is 4.36. The van der Waals surface area contributed by atoms with Crippen molar-refractivity contribution in [3.63, 3.8) is 0 Å². The first-order valence-electron chi connectivity index (χ1n) is 8.30. The number of thioether (sulfide) groups is 1. The molecule has 10 nitrogen and oxygen atoms in total. The van der Waals surface area contributed by atoms with Crippen LogP contribution in [0.3, 0.4) is 0 Å². The van der Waals surface area contributed by atoms with E-state index < -0.39 is 10.0 Å². The number of rotatable bonds is 7. The van der Waals surface area contributed by atoms with E-state index in [1.807, 2.05) is 0 Å². The van der Waals surface area contributed by atoms with Crippen LogP contribution in [0.15, 0.2) is 28.3 Å². The van der Waals surface area contributed by atoms with Gasteiger partial charge in [0.25, 0.3) is 0 Å². The van der Waals surface area contributed by atoms with Gasteiger partial charge < -0.3 is 10.1 Å². The van der Waals surface area contributed by atoms with Gasteiger partial charge in [-0.1, -0.05) is 24.6 Å². The molecule has 1 heterocycles. The summed E-state index contributed by atoms with van der Waals surface area (Å²) >= 11 is 1.22. The fourth-order valence-electron chi connectivity index (χ4n) is 2.94. The van der Waals surface area contributed by atoms with Gasteiger partial charge in [0, 0.05) is 0 Å². The molecule has 0 saturated heterocycles.